The van der Waals surface area contributed by atoms with E-state index in [0.717, 1.165) is 57.4 Å². The van der Waals surface area contributed by atoms with Crippen LogP contribution in [0.15, 0.2) is 127 Å². The van der Waals surface area contributed by atoms with Gasteiger partial charge in [0.15, 0.2) is 0 Å². The van der Waals surface area contributed by atoms with Crippen LogP contribution in [-0.2, 0) is 0 Å². The Bertz CT molecular complexity index is 1260. The molecule has 168 valence electrons. The summed E-state index contributed by atoms with van der Waals surface area (Å²) in [4.78, 5) is 0. The van der Waals surface area contributed by atoms with Crippen molar-refractivity contribution < 1.29 is 5.11 Å². The van der Waals surface area contributed by atoms with Gasteiger partial charge in [-0.05, 0) is 39.8 Å². The second-order valence-electron chi connectivity index (χ2n) is 8.93. The predicted octanol–water partition coefficient (Wildman–Crippen LogP) is 8.03. The Morgan fingerprint density at radius 3 is 1.53 bits per heavy atom. The summed E-state index contributed by atoms with van der Waals surface area (Å²) < 4.78 is 0. The molecule has 0 amide bonds. The molecule has 0 saturated carbocycles. The van der Waals surface area contributed by atoms with Crippen LogP contribution in [0.5, 0.6) is 0 Å². The van der Waals surface area contributed by atoms with Gasteiger partial charge in [0.1, 0.15) is 5.60 Å². The van der Waals surface area contributed by atoms with E-state index in [1.807, 2.05) is 24.3 Å². The standard InChI is InChI=1S/C33H30O/c1-2-3-24-33(34)31(28-22-14-7-15-23-28)30(27-20-12-6-13-21-27)32(33)29(25-16-8-4-9-17-25)26-18-10-5-11-19-26/h4-23,34H,2-3,24H2,1H3. The van der Waals surface area contributed by atoms with Gasteiger partial charge in [-0.1, -0.05) is 141 Å². The number of hydrogen-bond donors (Lipinski definition) is 1. The molecule has 1 N–H and O–H groups in total. The molecule has 34 heavy (non-hydrogen) atoms. The van der Waals surface area contributed by atoms with Crippen LogP contribution in [0.4, 0.5) is 0 Å². The molecule has 0 spiro atoms. The Labute approximate surface area is 202 Å². The first-order valence-corrected chi connectivity index (χ1v) is 12.2. The minimum Gasteiger partial charge on any atom is -0.380 e. The van der Waals surface area contributed by atoms with Gasteiger partial charge in [0.25, 0.3) is 0 Å². The summed E-state index contributed by atoms with van der Waals surface area (Å²) >= 11 is 0. The maximum Gasteiger partial charge on any atom is 0.117 e. The van der Waals surface area contributed by atoms with Crippen molar-refractivity contribution >= 4 is 16.7 Å². The fraction of sp³-hybridized carbons (Fsp3) is 0.152. The Morgan fingerprint density at radius 1 is 0.618 bits per heavy atom. The third-order valence-corrected chi connectivity index (χ3v) is 6.72. The number of benzene rings is 4. The van der Waals surface area contributed by atoms with E-state index >= 15 is 0 Å². The largest absolute Gasteiger partial charge is 0.380 e. The molecule has 4 aromatic rings. The molecule has 0 aliphatic heterocycles. The van der Waals surface area contributed by atoms with Crippen molar-refractivity contribution in [2.24, 2.45) is 0 Å². The van der Waals surface area contributed by atoms with E-state index in [0.29, 0.717) is 6.42 Å². The second-order valence-corrected chi connectivity index (χ2v) is 8.93. The molecule has 1 nitrogen and oxygen atoms in total. The average Bonchev–Trinajstić information content (AvgIpc) is 2.91. The van der Waals surface area contributed by atoms with Crippen LogP contribution in [0, 0.1) is 0 Å². The number of unbranched alkanes of at least 4 members (excludes halogenated alkanes) is 1. The van der Waals surface area contributed by atoms with Gasteiger partial charge in [-0.2, -0.15) is 0 Å². The second kappa shape index (κ2) is 9.67. The Morgan fingerprint density at radius 2 is 1.06 bits per heavy atom. The Hall–Kier alpha value is -3.68. The van der Waals surface area contributed by atoms with Crippen molar-refractivity contribution in [2.75, 3.05) is 0 Å². The van der Waals surface area contributed by atoms with E-state index in [1.165, 1.54) is 0 Å². The van der Waals surface area contributed by atoms with Gasteiger partial charge in [-0.25, -0.2) is 0 Å². The molecule has 1 unspecified atom stereocenters. The summed E-state index contributed by atoms with van der Waals surface area (Å²) in [7, 11) is 0. The highest BCUT2D eigenvalue weighted by atomic mass is 16.3. The lowest BCUT2D eigenvalue weighted by Gasteiger charge is -2.47. The minimum absolute atomic E-state index is 0.697. The average molecular weight is 443 g/mol. The van der Waals surface area contributed by atoms with Crippen molar-refractivity contribution in [3.63, 3.8) is 0 Å². The van der Waals surface area contributed by atoms with Crippen LogP contribution < -0.4 is 0 Å². The molecule has 0 aromatic heterocycles. The maximum absolute atomic E-state index is 12.5. The quantitative estimate of drug-likeness (QED) is 0.307. The summed E-state index contributed by atoms with van der Waals surface area (Å²) in [6, 6.07) is 41.9. The normalized spacial score (nSPS) is 17.4. The molecular formula is C33H30O. The van der Waals surface area contributed by atoms with Gasteiger partial charge >= 0.3 is 0 Å². The summed E-state index contributed by atoms with van der Waals surface area (Å²) in [5, 5.41) is 12.5. The molecule has 0 radical (unpaired) electrons. The van der Waals surface area contributed by atoms with E-state index < -0.39 is 5.60 Å². The summed E-state index contributed by atoms with van der Waals surface area (Å²) in [6.45, 7) is 2.19. The van der Waals surface area contributed by atoms with Gasteiger partial charge in [-0.15, -0.1) is 0 Å². The smallest absolute Gasteiger partial charge is 0.117 e. The predicted molar refractivity (Wildman–Crippen MR) is 143 cm³/mol. The number of aliphatic hydroxyl groups is 1. The van der Waals surface area contributed by atoms with Gasteiger partial charge in [-0.3, -0.25) is 0 Å². The van der Waals surface area contributed by atoms with Gasteiger partial charge in [0, 0.05) is 11.1 Å². The molecule has 0 bridgehead atoms. The molecule has 0 fully saturated rings. The zero-order valence-electron chi connectivity index (χ0n) is 19.6. The Balaban J connectivity index is 1.89. The van der Waals surface area contributed by atoms with Crippen molar-refractivity contribution in [3.05, 3.63) is 149 Å². The van der Waals surface area contributed by atoms with Crippen LogP contribution in [-0.4, -0.2) is 10.7 Å². The summed E-state index contributed by atoms with van der Waals surface area (Å²) in [6.07, 6.45) is 2.68. The lowest BCUT2D eigenvalue weighted by Crippen LogP contribution is -2.43. The third kappa shape index (κ3) is 3.93. The monoisotopic (exact) mass is 442 g/mol. The van der Waals surface area contributed by atoms with E-state index in [4.69, 9.17) is 0 Å². The molecule has 1 atom stereocenters. The third-order valence-electron chi connectivity index (χ3n) is 6.72. The molecule has 1 aliphatic carbocycles. The van der Waals surface area contributed by atoms with Crippen molar-refractivity contribution in [1.82, 2.24) is 0 Å². The van der Waals surface area contributed by atoms with Crippen molar-refractivity contribution in [2.45, 2.75) is 31.8 Å². The molecule has 0 saturated heterocycles. The van der Waals surface area contributed by atoms with E-state index in [2.05, 4.69) is 104 Å². The fourth-order valence-electron chi connectivity index (χ4n) is 5.16. The lowest BCUT2D eigenvalue weighted by atomic mass is 9.60. The number of hydrogen-bond acceptors (Lipinski definition) is 1. The van der Waals surface area contributed by atoms with Gasteiger partial charge < -0.3 is 5.11 Å². The highest BCUT2D eigenvalue weighted by Crippen LogP contribution is 2.59. The highest BCUT2D eigenvalue weighted by molar-refractivity contribution is 6.17. The first-order chi connectivity index (χ1) is 16.7. The van der Waals surface area contributed by atoms with E-state index in [9.17, 15) is 5.11 Å². The van der Waals surface area contributed by atoms with Gasteiger partial charge in [0.05, 0.1) is 0 Å². The van der Waals surface area contributed by atoms with E-state index in [1.54, 1.807) is 0 Å². The Kier molecular flexibility index (Phi) is 6.29. The maximum atomic E-state index is 12.5. The van der Waals surface area contributed by atoms with Crippen LogP contribution in [0.3, 0.4) is 0 Å². The van der Waals surface area contributed by atoms with Crippen molar-refractivity contribution in [1.29, 1.82) is 0 Å². The first kappa shape index (κ1) is 22.1. The molecular weight excluding hydrogens is 412 g/mol. The van der Waals surface area contributed by atoms with Crippen molar-refractivity contribution in [3.8, 4) is 0 Å². The van der Waals surface area contributed by atoms with Crippen LogP contribution in [0.1, 0.15) is 48.4 Å². The van der Waals surface area contributed by atoms with Crippen LogP contribution in [0.2, 0.25) is 0 Å². The molecule has 4 aromatic carbocycles. The SMILES string of the molecule is CCCCC1(O)C(=C(c2ccccc2)c2ccccc2)C(c2ccccc2)=C1c1ccccc1. The molecule has 1 aliphatic rings. The fourth-order valence-corrected chi connectivity index (χ4v) is 5.16. The first-order valence-electron chi connectivity index (χ1n) is 12.2. The van der Waals surface area contributed by atoms with Gasteiger partial charge in [0.2, 0.25) is 0 Å². The number of rotatable bonds is 7. The molecule has 0 heterocycles. The van der Waals surface area contributed by atoms with Crippen LogP contribution >= 0.6 is 0 Å². The minimum atomic E-state index is -1.02. The topological polar surface area (TPSA) is 20.2 Å². The lowest BCUT2D eigenvalue weighted by molar-refractivity contribution is 0.124. The molecule has 5 rings (SSSR count). The zero-order valence-corrected chi connectivity index (χ0v) is 19.6. The molecule has 1 heteroatoms. The summed E-state index contributed by atoms with van der Waals surface area (Å²) in [5.74, 6) is 0. The summed E-state index contributed by atoms with van der Waals surface area (Å²) in [5.41, 5.74) is 7.77. The van der Waals surface area contributed by atoms with E-state index in [-0.39, 0.29) is 0 Å². The highest BCUT2D eigenvalue weighted by Gasteiger charge is 2.50. The van der Waals surface area contributed by atoms with Crippen LogP contribution in [0.25, 0.3) is 16.7 Å². The zero-order chi connectivity index (χ0) is 23.4.